The number of aldehydes is 1. The molecule has 0 fully saturated rings. The molecular formula is C17H16O4. The van der Waals surface area contributed by atoms with E-state index in [4.69, 9.17) is 9.47 Å². The summed E-state index contributed by atoms with van der Waals surface area (Å²) in [5.41, 5.74) is 1.71. The highest BCUT2D eigenvalue weighted by Gasteiger charge is 2.18. The van der Waals surface area contributed by atoms with Crippen LogP contribution < -0.4 is 9.47 Å². The van der Waals surface area contributed by atoms with Crippen molar-refractivity contribution >= 4 is 12.1 Å². The molecule has 0 N–H and O–H groups in total. The van der Waals surface area contributed by atoms with Gasteiger partial charge in [0.2, 0.25) is 0 Å². The number of Topliss-reactive ketones (excluding diaryl/α,β-unsaturated/α-hetero) is 1. The maximum Gasteiger partial charge on any atom is 0.172 e. The Hall–Kier alpha value is -2.62. The first-order chi connectivity index (χ1) is 10.2. The van der Waals surface area contributed by atoms with Gasteiger partial charge in [0.05, 0.1) is 18.2 Å². The second-order valence-electron chi connectivity index (χ2n) is 4.51. The molecule has 2 rings (SSSR count). The molecule has 0 radical (unpaired) electrons. The summed E-state index contributed by atoms with van der Waals surface area (Å²) in [5.74, 6) is 0.445. The van der Waals surface area contributed by atoms with E-state index in [-0.39, 0.29) is 5.78 Å². The highest BCUT2D eigenvalue weighted by molar-refractivity contribution is 5.99. The standard InChI is InChI=1S/C17H16O4/c1-12(19)15-9-8-14(10-18)16(17(15)20-2)21-11-13-6-4-3-5-7-13/h3-10H,11H2,1-2H3. The summed E-state index contributed by atoms with van der Waals surface area (Å²) in [6.45, 7) is 1.73. The molecule has 0 heterocycles. The van der Waals surface area contributed by atoms with Crippen LogP contribution in [0, 0.1) is 0 Å². The molecule has 0 aromatic heterocycles. The Bertz CT molecular complexity index is 647. The Morgan fingerprint density at radius 2 is 1.81 bits per heavy atom. The van der Waals surface area contributed by atoms with Crippen LogP contribution in [0.25, 0.3) is 0 Å². The minimum Gasteiger partial charge on any atom is -0.492 e. The first kappa shape index (κ1) is 14.8. The SMILES string of the molecule is COc1c(C(C)=O)ccc(C=O)c1OCc1ccccc1. The quantitative estimate of drug-likeness (QED) is 0.603. The minimum atomic E-state index is -0.145. The molecule has 4 nitrogen and oxygen atoms in total. The Balaban J connectivity index is 2.37. The van der Waals surface area contributed by atoms with Crippen LogP contribution in [0.4, 0.5) is 0 Å². The van der Waals surface area contributed by atoms with Crippen LogP contribution in [-0.2, 0) is 6.61 Å². The summed E-state index contributed by atoms with van der Waals surface area (Å²) in [5, 5.41) is 0. The van der Waals surface area contributed by atoms with Crippen LogP contribution in [-0.4, -0.2) is 19.2 Å². The predicted octanol–water partition coefficient (Wildman–Crippen LogP) is 3.29. The van der Waals surface area contributed by atoms with E-state index >= 15 is 0 Å². The van der Waals surface area contributed by atoms with E-state index in [2.05, 4.69) is 0 Å². The van der Waals surface area contributed by atoms with Crippen molar-refractivity contribution in [2.45, 2.75) is 13.5 Å². The van der Waals surface area contributed by atoms with Gasteiger partial charge in [-0.05, 0) is 24.6 Å². The van der Waals surface area contributed by atoms with Crippen molar-refractivity contribution < 1.29 is 19.1 Å². The van der Waals surface area contributed by atoms with Crippen LogP contribution in [0.3, 0.4) is 0 Å². The Morgan fingerprint density at radius 3 is 2.38 bits per heavy atom. The minimum absolute atomic E-state index is 0.145. The highest BCUT2D eigenvalue weighted by Crippen LogP contribution is 2.35. The smallest absolute Gasteiger partial charge is 0.172 e. The van der Waals surface area contributed by atoms with E-state index in [0.29, 0.717) is 35.5 Å². The van der Waals surface area contributed by atoms with Gasteiger partial charge in [-0.15, -0.1) is 0 Å². The van der Waals surface area contributed by atoms with Gasteiger partial charge in [0, 0.05) is 0 Å². The third kappa shape index (κ3) is 3.28. The molecule has 0 saturated heterocycles. The number of hydrogen-bond donors (Lipinski definition) is 0. The zero-order valence-corrected chi connectivity index (χ0v) is 12.0. The molecule has 0 amide bonds. The molecule has 108 valence electrons. The summed E-state index contributed by atoms with van der Waals surface area (Å²) in [4.78, 5) is 22.8. The second-order valence-corrected chi connectivity index (χ2v) is 4.51. The number of hydrogen-bond acceptors (Lipinski definition) is 4. The number of carbonyl (C=O) groups excluding carboxylic acids is 2. The van der Waals surface area contributed by atoms with E-state index in [9.17, 15) is 9.59 Å². The zero-order valence-electron chi connectivity index (χ0n) is 12.0. The third-order valence-electron chi connectivity index (χ3n) is 3.08. The first-order valence-corrected chi connectivity index (χ1v) is 6.51. The van der Waals surface area contributed by atoms with Gasteiger partial charge in [-0.3, -0.25) is 9.59 Å². The fraction of sp³-hybridized carbons (Fsp3) is 0.176. The van der Waals surface area contributed by atoms with Crippen molar-refractivity contribution in [2.24, 2.45) is 0 Å². The lowest BCUT2D eigenvalue weighted by Gasteiger charge is -2.15. The lowest BCUT2D eigenvalue weighted by atomic mass is 10.1. The molecule has 0 aliphatic rings. The van der Waals surface area contributed by atoms with Gasteiger partial charge in [-0.25, -0.2) is 0 Å². The number of carbonyl (C=O) groups is 2. The van der Waals surface area contributed by atoms with Gasteiger partial charge >= 0.3 is 0 Å². The molecule has 0 bridgehead atoms. The van der Waals surface area contributed by atoms with Gasteiger partial charge in [0.25, 0.3) is 0 Å². The topological polar surface area (TPSA) is 52.6 Å². The summed E-state index contributed by atoms with van der Waals surface area (Å²) in [7, 11) is 1.45. The van der Waals surface area contributed by atoms with Crippen molar-refractivity contribution in [3.05, 3.63) is 59.2 Å². The molecule has 0 saturated carbocycles. The molecule has 0 unspecified atom stereocenters. The van der Waals surface area contributed by atoms with Gasteiger partial charge in [-0.2, -0.15) is 0 Å². The third-order valence-corrected chi connectivity index (χ3v) is 3.08. The van der Waals surface area contributed by atoms with Crippen molar-refractivity contribution in [3.8, 4) is 11.5 Å². The van der Waals surface area contributed by atoms with E-state index in [1.807, 2.05) is 30.3 Å². The van der Waals surface area contributed by atoms with Crippen LogP contribution in [0.15, 0.2) is 42.5 Å². The number of ketones is 1. The molecular weight excluding hydrogens is 268 g/mol. The first-order valence-electron chi connectivity index (χ1n) is 6.51. The Labute approximate surface area is 123 Å². The van der Waals surface area contributed by atoms with Gasteiger partial charge in [0.15, 0.2) is 23.6 Å². The number of rotatable bonds is 6. The van der Waals surface area contributed by atoms with E-state index in [1.54, 1.807) is 12.1 Å². The molecule has 0 aliphatic heterocycles. The summed E-state index contributed by atoms with van der Waals surface area (Å²) in [6.07, 6.45) is 0.687. The second kappa shape index (κ2) is 6.70. The zero-order chi connectivity index (χ0) is 15.2. The number of ether oxygens (including phenoxy) is 2. The van der Waals surface area contributed by atoms with Crippen molar-refractivity contribution in [1.82, 2.24) is 0 Å². The number of benzene rings is 2. The van der Waals surface area contributed by atoms with Gasteiger partial charge in [0.1, 0.15) is 6.61 Å². The van der Waals surface area contributed by atoms with E-state index in [0.717, 1.165) is 5.56 Å². The maximum atomic E-state index is 11.6. The van der Waals surface area contributed by atoms with E-state index < -0.39 is 0 Å². The van der Waals surface area contributed by atoms with Gasteiger partial charge in [-0.1, -0.05) is 30.3 Å². The monoisotopic (exact) mass is 284 g/mol. The maximum absolute atomic E-state index is 11.6. The molecule has 2 aromatic rings. The molecule has 4 heteroatoms. The largest absolute Gasteiger partial charge is 0.492 e. The van der Waals surface area contributed by atoms with Crippen LogP contribution in [0.2, 0.25) is 0 Å². The van der Waals surface area contributed by atoms with Crippen molar-refractivity contribution in [3.63, 3.8) is 0 Å². The molecule has 0 aliphatic carbocycles. The van der Waals surface area contributed by atoms with Crippen molar-refractivity contribution in [2.75, 3.05) is 7.11 Å². The predicted molar refractivity (Wildman–Crippen MR) is 79.2 cm³/mol. The molecule has 0 atom stereocenters. The highest BCUT2D eigenvalue weighted by atomic mass is 16.5. The Morgan fingerprint density at radius 1 is 1.10 bits per heavy atom. The van der Waals surface area contributed by atoms with Crippen LogP contribution >= 0.6 is 0 Å². The fourth-order valence-electron chi connectivity index (χ4n) is 2.03. The van der Waals surface area contributed by atoms with Gasteiger partial charge < -0.3 is 9.47 Å². The molecule has 21 heavy (non-hydrogen) atoms. The van der Waals surface area contributed by atoms with Crippen LogP contribution in [0.5, 0.6) is 11.5 Å². The van der Waals surface area contributed by atoms with E-state index in [1.165, 1.54) is 14.0 Å². The Kier molecular flexibility index (Phi) is 4.72. The average Bonchev–Trinajstić information content (AvgIpc) is 2.52. The molecule has 0 spiro atoms. The lowest BCUT2D eigenvalue weighted by molar-refractivity contribution is 0.101. The average molecular weight is 284 g/mol. The molecule has 2 aromatic carbocycles. The van der Waals surface area contributed by atoms with Crippen molar-refractivity contribution in [1.29, 1.82) is 0 Å². The fourth-order valence-corrected chi connectivity index (χ4v) is 2.03. The summed E-state index contributed by atoms with van der Waals surface area (Å²) < 4.78 is 11.0. The lowest BCUT2D eigenvalue weighted by Crippen LogP contribution is -2.05. The summed E-state index contributed by atoms with van der Waals surface area (Å²) >= 11 is 0. The normalized spacial score (nSPS) is 10.0. The van der Waals surface area contributed by atoms with Crippen LogP contribution in [0.1, 0.15) is 33.2 Å². The summed E-state index contributed by atoms with van der Waals surface area (Å²) in [6, 6.07) is 12.7. The number of methoxy groups -OCH3 is 1.